The van der Waals surface area contributed by atoms with Crippen molar-refractivity contribution in [2.45, 2.75) is 38.3 Å². The molecule has 1 aromatic rings. The molecular weight excluding hydrogens is 266 g/mol. The molecule has 0 radical (unpaired) electrons. The number of anilines is 1. The summed E-state index contributed by atoms with van der Waals surface area (Å²) >= 11 is 0. The second-order valence-corrected chi connectivity index (χ2v) is 5.99. The van der Waals surface area contributed by atoms with Gasteiger partial charge in [-0.2, -0.15) is 0 Å². The van der Waals surface area contributed by atoms with Crippen LogP contribution in [0, 0.1) is 12.8 Å². The van der Waals surface area contributed by atoms with Gasteiger partial charge in [-0.25, -0.2) is 0 Å². The van der Waals surface area contributed by atoms with Crippen molar-refractivity contribution in [1.29, 1.82) is 0 Å². The van der Waals surface area contributed by atoms with Gasteiger partial charge in [-0.15, -0.1) is 0 Å². The highest BCUT2D eigenvalue weighted by Gasteiger charge is 2.42. The van der Waals surface area contributed by atoms with Crippen molar-refractivity contribution >= 4 is 17.5 Å². The smallest absolute Gasteiger partial charge is 0.251 e. The molecule has 0 saturated carbocycles. The van der Waals surface area contributed by atoms with Crippen LogP contribution in [0.3, 0.4) is 0 Å². The number of carbonyl (C=O) groups is 2. The largest absolute Gasteiger partial charge is 0.355 e. The van der Waals surface area contributed by atoms with Gasteiger partial charge in [-0.1, -0.05) is 6.07 Å². The van der Waals surface area contributed by atoms with Crippen LogP contribution < -0.4 is 16.0 Å². The van der Waals surface area contributed by atoms with Gasteiger partial charge in [0, 0.05) is 30.4 Å². The summed E-state index contributed by atoms with van der Waals surface area (Å²) in [5, 5.41) is 9.07. The van der Waals surface area contributed by atoms with Crippen LogP contribution in [-0.4, -0.2) is 30.9 Å². The van der Waals surface area contributed by atoms with Gasteiger partial charge in [0.25, 0.3) is 5.91 Å². The molecule has 3 atom stereocenters. The Bertz CT molecular complexity index is 585. The monoisotopic (exact) mass is 287 g/mol. The summed E-state index contributed by atoms with van der Waals surface area (Å²) in [6.45, 7) is 1.93. The molecule has 0 spiro atoms. The first-order valence-electron chi connectivity index (χ1n) is 7.48. The third-order valence-electron chi connectivity index (χ3n) is 4.62. The van der Waals surface area contributed by atoms with E-state index in [1.165, 1.54) is 6.42 Å². The Morgan fingerprint density at radius 2 is 2.10 bits per heavy atom. The average molecular weight is 287 g/mol. The second-order valence-electron chi connectivity index (χ2n) is 5.99. The quantitative estimate of drug-likeness (QED) is 0.787. The van der Waals surface area contributed by atoms with E-state index in [2.05, 4.69) is 16.0 Å². The predicted molar refractivity (Wildman–Crippen MR) is 81.3 cm³/mol. The lowest BCUT2D eigenvalue weighted by molar-refractivity contribution is -0.120. The summed E-state index contributed by atoms with van der Waals surface area (Å²) in [6, 6.07) is 6.19. The van der Waals surface area contributed by atoms with Gasteiger partial charge >= 0.3 is 0 Å². The molecule has 3 unspecified atom stereocenters. The Labute approximate surface area is 124 Å². The van der Waals surface area contributed by atoms with E-state index in [9.17, 15) is 9.59 Å². The fraction of sp³-hybridized carbons (Fsp3) is 0.500. The van der Waals surface area contributed by atoms with Gasteiger partial charge < -0.3 is 16.0 Å². The molecule has 2 saturated heterocycles. The zero-order valence-electron chi connectivity index (χ0n) is 12.4. The van der Waals surface area contributed by atoms with Crippen molar-refractivity contribution in [1.82, 2.24) is 10.6 Å². The molecule has 21 heavy (non-hydrogen) atoms. The van der Waals surface area contributed by atoms with Crippen molar-refractivity contribution in [3.63, 3.8) is 0 Å². The molecule has 5 heteroatoms. The van der Waals surface area contributed by atoms with Gasteiger partial charge in [0.15, 0.2) is 0 Å². The van der Waals surface area contributed by atoms with Gasteiger partial charge in [0.05, 0.1) is 5.92 Å². The zero-order valence-corrected chi connectivity index (χ0v) is 12.4. The first-order valence-corrected chi connectivity index (χ1v) is 7.48. The van der Waals surface area contributed by atoms with E-state index < -0.39 is 0 Å². The first kappa shape index (κ1) is 14.1. The van der Waals surface area contributed by atoms with Gasteiger partial charge in [-0.3, -0.25) is 9.59 Å². The van der Waals surface area contributed by atoms with Gasteiger partial charge in [-0.05, 0) is 43.9 Å². The summed E-state index contributed by atoms with van der Waals surface area (Å²) in [7, 11) is 1.60. The summed E-state index contributed by atoms with van der Waals surface area (Å²) < 4.78 is 0. The molecule has 2 fully saturated rings. The number of carbonyl (C=O) groups excluding carboxylic acids is 2. The van der Waals surface area contributed by atoms with E-state index in [0.717, 1.165) is 24.1 Å². The third-order valence-corrected chi connectivity index (χ3v) is 4.62. The lowest BCUT2D eigenvalue weighted by Gasteiger charge is -2.20. The van der Waals surface area contributed by atoms with Crippen LogP contribution in [0.25, 0.3) is 0 Å². The Kier molecular flexibility index (Phi) is 3.68. The molecule has 2 aliphatic heterocycles. The molecule has 2 amide bonds. The highest BCUT2D eigenvalue weighted by molar-refractivity contribution is 5.98. The van der Waals surface area contributed by atoms with Crippen molar-refractivity contribution in [2.24, 2.45) is 5.92 Å². The lowest BCUT2D eigenvalue weighted by Crippen LogP contribution is -2.33. The van der Waals surface area contributed by atoms with Crippen LogP contribution in [0.5, 0.6) is 0 Å². The summed E-state index contributed by atoms with van der Waals surface area (Å²) in [5.41, 5.74) is 2.25. The second kappa shape index (κ2) is 5.48. The van der Waals surface area contributed by atoms with E-state index in [0.29, 0.717) is 17.6 Å². The van der Waals surface area contributed by atoms with Crippen molar-refractivity contribution in [3.8, 4) is 0 Å². The maximum Gasteiger partial charge on any atom is 0.251 e. The average Bonchev–Trinajstić information content (AvgIpc) is 3.11. The first-order chi connectivity index (χ1) is 10.1. The number of aryl methyl sites for hydroxylation is 1. The highest BCUT2D eigenvalue weighted by atomic mass is 16.2. The third kappa shape index (κ3) is 2.65. The van der Waals surface area contributed by atoms with E-state index in [-0.39, 0.29) is 17.7 Å². The molecule has 2 aliphatic rings. The van der Waals surface area contributed by atoms with Crippen molar-refractivity contribution < 1.29 is 9.59 Å². The molecule has 5 nitrogen and oxygen atoms in total. The highest BCUT2D eigenvalue weighted by Crippen LogP contribution is 2.34. The summed E-state index contributed by atoms with van der Waals surface area (Å²) in [5.74, 6) is -0.0363. The van der Waals surface area contributed by atoms with E-state index in [1.807, 2.05) is 13.0 Å². The molecule has 1 aromatic carbocycles. The molecule has 3 rings (SSSR count). The van der Waals surface area contributed by atoms with Crippen LogP contribution in [0.1, 0.15) is 35.2 Å². The van der Waals surface area contributed by atoms with Crippen LogP contribution in [0.2, 0.25) is 0 Å². The summed E-state index contributed by atoms with van der Waals surface area (Å²) in [4.78, 5) is 24.1. The van der Waals surface area contributed by atoms with Crippen LogP contribution in [-0.2, 0) is 4.79 Å². The minimum absolute atomic E-state index is 0.0480. The Balaban J connectivity index is 1.75. The van der Waals surface area contributed by atoms with Crippen LogP contribution in [0.15, 0.2) is 18.2 Å². The SMILES string of the molecule is CNC(=O)c1ccc(C)c(NC(=O)C2CC3CCC2N3)c1. The molecule has 0 aromatic heterocycles. The molecule has 2 heterocycles. The Morgan fingerprint density at radius 3 is 2.71 bits per heavy atom. The number of amides is 2. The fourth-order valence-corrected chi connectivity index (χ4v) is 3.38. The molecule has 0 aliphatic carbocycles. The Morgan fingerprint density at radius 1 is 1.29 bits per heavy atom. The number of nitrogens with one attached hydrogen (secondary N) is 3. The van der Waals surface area contributed by atoms with E-state index >= 15 is 0 Å². The number of rotatable bonds is 3. The minimum Gasteiger partial charge on any atom is -0.355 e. The maximum atomic E-state index is 12.5. The predicted octanol–water partition coefficient (Wildman–Crippen LogP) is 1.43. The van der Waals surface area contributed by atoms with Gasteiger partial charge in [0.2, 0.25) is 5.91 Å². The number of hydrogen-bond donors (Lipinski definition) is 3. The topological polar surface area (TPSA) is 70.2 Å². The molecule has 112 valence electrons. The standard InChI is InChI=1S/C16H21N3O2/c1-9-3-4-10(15(20)17-2)7-14(9)19-16(21)12-8-11-5-6-13(12)18-11/h3-4,7,11-13,18H,5-6,8H2,1-2H3,(H,17,20)(H,19,21). The lowest BCUT2D eigenvalue weighted by atomic mass is 9.88. The minimum atomic E-state index is -0.146. The van der Waals surface area contributed by atoms with Gasteiger partial charge in [0.1, 0.15) is 0 Å². The number of benzene rings is 1. The van der Waals surface area contributed by atoms with E-state index in [4.69, 9.17) is 0 Å². The normalized spacial score (nSPS) is 26.7. The Hall–Kier alpha value is -1.88. The summed E-state index contributed by atoms with van der Waals surface area (Å²) in [6.07, 6.45) is 3.18. The van der Waals surface area contributed by atoms with E-state index in [1.54, 1.807) is 19.2 Å². The fourth-order valence-electron chi connectivity index (χ4n) is 3.38. The molecule has 2 bridgehead atoms. The van der Waals surface area contributed by atoms with Crippen molar-refractivity contribution in [3.05, 3.63) is 29.3 Å². The molecule has 3 N–H and O–H groups in total. The number of hydrogen-bond acceptors (Lipinski definition) is 3. The van der Waals surface area contributed by atoms with Crippen molar-refractivity contribution in [2.75, 3.05) is 12.4 Å². The van der Waals surface area contributed by atoms with Crippen LogP contribution in [0.4, 0.5) is 5.69 Å². The van der Waals surface area contributed by atoms with Crippen LogP contribution >= 0.6 is 0 Å². The molecular formula is C16H21N3O2. The number of fused-ring (bicyclic) bond motifs is 2. The maximum absolute atomic E-state index is 12.5. The zero-order chi connectivity index (χ0) is 15.0.